The van der Waals surface area contributed by atoms with Crippen LogP contribution in [0.4, 0.5) is 0 Å². The molecule has 0 heterocycles. The van der Waals surface area contributed by atoms with E-state index in [0.29, 0.717) is 6.04 Å². The molecule has 1 N–H and O–H groups in total. The Kier molecular flexibility index (Phi) is 11.9. The third kappa shape index (κ3) is 10.9. The molecule has 1 unspecified atom stereocenters. The Hall–Kier alpha value is -0.670. The zero-order chi connectivity index (χ0) is 14.5. The molecule has 112 valence electrons. The molecule has 0 aromatic heterocycles. The van der Waals surface area contributed by atoms with Crippen LogP contribution < -0.4 is 5.32 Å². The van der Waals surface area contributed by atoms with Crippen molar-refractivity contribution in [2.45, 2.75) is 38.8 Å². The van der Waals surface area contributed by atoms with Crippen LogP contribution in [0.3, 0.4) is 0 Å². The van der Waals surface area contributed by atoms with Crippen LogP contribution in [0.2, 0.25) is 0 Å². The van der Waals surface area contributed by atoms with Crippen LogP contribution in [-0.2, 0) is 9.47 Å². The van der Waals surface area contributed by atoms with Crippen molar-refractivity contribution in [1.82, 2.24) is 10.2 Å². The smallest absolute Gasteiger partial charge is 0.0967 e. The molecule has 0 aliphatic heterocycles. The average molecular weight is 271 g/mol. The van der Waals surface area contributed by atoms with Crippen LogP contribution in [0, 0.1) is 11.3 Å². The summed E-state index contributed by atoms with van der Waals surface area (Å²) in [7, 11) is 3.43. The molecule has 5 nitrogen and oxygen atoms in total. The molecule has 19 heavy (non-hydrogen) atoms. The highest BCUT2D eigenvalue weighted by molar-refractivity contribution is 4.91. The summed E-state index contributed by atoms with van der Waals surface area (Å²) in [4.78, 5) is 2.33. The van der Waals surface area contributed by atoms with Crippen LogP contribution in [-0.4, -0.2) is 64.1 Å². The van der Waals surface area contributed by atoms with E-state index >= 15 is 0 Å². The molecule has 0 saturated heterocycles. The molecule has 0 rings (SSSR count). The molecule has 0 aliphatic rings. The highest BCUT2D eigenvalue weighted by atomic mass is 16.5. The second-order valence-electron chi connectivity index (χ2n) is 4.97. The van der Waals surface area contributed by atoms with Gasteiger partial charge in [0.2, 0.25) is 0 Å². The van der Waals surface area contributed by atoms with E-state index in [9.17, 15) is 0 Å². The average Bonchev–Trinajstić information content (AvgIpc) is 2.39. The fourth-order valence-electron chi connectivity index (χ4n) is 1.89. The number of hydrogen-bond acceptors (Lipinski definition) is 5. The van der Waals surface area contributed by atoms with Gasteiger partial charge in [0.15, 0.2) is 0 Å². The third-order valence-corrected chi connectivity index (χ3v) is 2.86. The maximum absolute atomic E-state index is 9.10. The summed E-state index contributed by atoms with van der Waals surface area (Å²) in [5, 5.41) is 12.4. The fraction of sp³-hybridized carbons (Fsp3) is 0.929. The Morgan fingerprint density at radius 2 is 1.79 bits per heavy atom. The lowest BCUT2D eigenvalue weighted by atomic mass is 10.2. The Bertz CT molecular complexity index is 241. The van der Waals surface area contributed by atoms with Crippen molar-refractivity contribution in [1.29, 1.82) is 5.26 Å². The van der Waals surface area contributed by atoms with Crippen molar-refractivity contribution in [2.75, 3.05) is 47.1 Å². The lowest BCUT2D eigenvalue weighted by molar-refractivity contribution is 0.131. The van der Waals surface area contributed by atoms with Gasteiger partial charge < -0.3 is 14.4 Å². The van der Waals surface area contributed by atoms with Gasteiger partial charge in [0.1, 0.15) is 0 Å². The van der Waals surface area contributed by atoms with Gasteiger partial charge in [0, 0.05) is 46.5 Å². The summed E-state index contributed by atoms with van der Waals surface area (Å²) in [6, 6.07) is 2.58. The van der Waals surface area contributed by atoms with E-state index < -0.39 is 0 Å². The van der Waals surface area contributed by atoms with Gasteiger partial charge in [-0.15, -0.1) is 0 Å². The van der Waals surface area contributed by atoms with Gasteiger partial charge in [0.25, 0.3) is 0 Å². The second-order valence-corrected chi connectivity index (χ2v) is 4.97. The minimum Gasteiger partial charge on any atom is -0.385 e. The Balaban J connectivity index is 4.03. The summed E-state index contributed by atoms with van der Waals surface area (Å²) < 4.78 is 10.2. The van der Waals surface area contributed by atoms with E-state index in [1.807, 2.05) is 0 Å². The van der Waals surface area contributed by atoms with Crippen molar-refractivity contribution in [3.8, 4) is 6.07 Å². The summed E-state index contributed by atoms with van der Waals surface area (Å²) in [5.74, 6) is 0. The van der Waals surface area contributed by atoms with E-state index in [4.69, 9.17) is 14.7 Å². The zero-order valence-corrected chi connectivity index (χ0v) is 12.8. The molecule has 5 heteroatoms. The van der Waals surface area contributed by atoms with E-state index in [-0.39, 0.29) is 6.04 Å². The summed E-state index contributed by atoms with van der Waals surface area (Å²) in [5.41, 5.74) is 0. The summed E-state index contributed by atoms with van der Waals surface area (Å²) >= 11 is 0. The molecule has 0 spiro atoms. The van der Waals surface area contributed by atoms with Crippen LogP contribution in [0.15, 0.2) is 0 Å². The van der Waals surface area contributed by atoms with Crippen LogP contribution >= 0.6 is 0 Å². The molecule has 0 radical (unpaired) electrons. The molecule has 0 aliphatic carbocycles. The van der Waals surface area contributed by atoms with E-state index in [1.165, 1.54) is 0 Å². The molecular weight excluding hydrogens is 242 g/mol. The summed E-state index contributed by atoms with van der Waals surface area (Å²) in [6.45, 7) is 8.41. The third-order valence-electron chi connectivity index (χ3n) is 2.86. The van der Waals surface area contributed by atoms with Crippen molar-refractivity contribution in [3.63, 3.8) is 0 Å². The lowest BCUT2D eigenvalue weighted by Crippen LogP contribution is -2.38. The monoisotopic (exact) mass is 271 g/mol. The van der Waals surface area contributed by atoms with Crippen molar-refractivity contribution < 1.29 is 9.47 Å². The Morgan fingerprint density at radius 3 is 2.32 bits per heavy atom. The van der Waals surface area contributed by atoms with E-state index in [0.717, 1.165) is 45.7 Å². The second kappa shape index (κ2) is 12.4. The van der Waals surface area contributed by atoms with Crippen LogP contribution in [0.1, 0.15) is 26.7 Å². The first kappa shape index (κ1) is 18.3. The van der Waals surface area contributed by atoms with Gasteiger partial charge in [-0.3, -0.25) is 5.32 Å². The zero-order valence-electron chi connectivity index (χ0n) is 12.8. The molecule has 0 fully saturated rings. The number of methoxy groups -OCH3 is 2. The molecular formula is C14H29N3O2. The predicted octanol–water partition coefficient (Wildman–Crippen LogP) is 1.25. The molecule has 0 amide bonds. The molecule has 1 atom stereocenters. The maximum atomic E-state index is 9.10. The topological polar surface area (TPSA) is 57.5 Å². The lowest BCUT2D eigenvalue weighted by Gasteiger charge is -2.23. The number of rotatable bonds is 12. The van der Waals surface area contributed by atoms with Gasteiger partial charge in [-0.1, -0.05) is 0 Å². The Morgan fingerprint density at radius 1 is 1.11 bits per heavy atom. The molecule has 0 saturated carbocycles. The Labute approximate surface area is 117 Å². The number of nitriles is 1. The maximum Gasteiger partial charge on any atom is 0.0967 e. The first-order valence-corrected chi connectivity index (χ1v) is 7.00. The largest absolute Gasteiger partial charge is 0.385 e. The first-order valence-electron chi connectivity index (χ1n) is 7.00. The van der Waals surface area contributed by atoms with Crippen molar-refractivity contribution in [2.24, 2.45) is 0 Å². The summed E-state index contributed by atoms with van der Waals surface area (Å²) in [6.07, 6.45) is 1.85. The van der Waals surface area contributed by atoms with Gasteiger partial charge in [-0.05, 0) is 26.7 Å². The quantitative estimate of drug-likeness (QED) is 0.541. The van der Waals surface area contributed by atoms with Crippen molar-refractivity contribution >= 4 is 0 Å². The molecule has 0 bridgehead atoms. The number of hydrogen-bond donors (Lipinski definition) is 1. The highest BCUT2D eigenvalue weighted by Crippen LogP contribution is 2.00. The standard InChI is InChI=1S/C14H29N3O2/c1-13(2)16-14(12-15)6-8-17(9-11-19-4)7-5-10-18-3/h13-14,16H,5-11H2,1-4H3. The highest BCUT2D eigenvalue weighted by Gasteiger charge is 2.11. The van der Waals surface area contributed by atoms with Crippen LogP contribution in [0.25, 0.3) is 0 Å². The van der Waals surface area contributed by atoms with Crippen LogP contribution in [0.5, 0.6) is 0 Å². The SMILES string of the molecule is COCCCN(CCOC)CCC(C#N)NC(C)C. The normalized spacial score (nSPS) is 12.9. The van der Waals surface area contributed by atoms with Gasteiger partial charge in [-0.25, -0.2) is 0 Å². The predicted molar refractivity (Wildman–Crippen MR) is 77.1 cm³/mol. The fourth-order valence-corrected chi connectivity index (χ4v) is 1.89. The van der Waals surface area contributed by atoms with E-state index in [1.54, 1.807) is 14.2 Å². The molecule has 0 aromatic rings. The molecule has 0 aromatic carbocycles. The van der Waals surface area contributed by atoms with Gasteiger partial charge in [-0.2, -0.15) is 5.26 Å². The minimum absolute atomic E-state index is 0.0764. The van der Waals surface area contributed by atoms with Gasteiger partial charge in [0.05, 0.1) is 18.7 Å². The minimum atomic E-state index is -0.0764. The van der Waals surface area contributed by atoms with Gasteiger partial charge >= 0.3 is 0 Å². The first-order chi connectivity index (χ1) is 9.13. The van der Waals surface area contributed by atoms with Crippen molar-refractivity contribution in [3.05, 3.63) is 0 Å². The number of nitrogens with zero attached hydrogens (tertiary/aromatic N) is 2. The number of ether oxygens (including phenoxy) is 2. The van der Waals surface area contributed by atoms with E-state index in [2.05, 4.69) is 30.1 Å². The number of nitrogens with one attached hydrogen (secondary N) is 1.